The Morgan fingerprint density at radius 1 is 0.806 bits per heavy atom. The molecule has 0 saturated carbocycles. The molecule has 0 amide bonds. The van der Waals surface area contributed by atoms with Gasteiger partial charge in [-0.25, -0.2) is 4.79 Å². The van der Waals surface area contributed by atoms with E-state index in [0.717, 1.165) is 26.9 Å². The minimum Gasteiger partial charge on any atom is -0.458 e. The molecule has 31 heavy (non-hydrogen) atoms. The minimum atomic E-state index is -1.11. The molecule has 0 spiro atoms. The topological polar surface area (TPSA) is 38.7 Å². The van der Waals surface area contributed by atoms with Crippen LogP contribution in [0.2, 0.25) is 0 Å². The molecule has 0 radical (unpaired) electrons. The lowest BCUT2D eigenvalue weighted by Gasteiger charge is -2.30. The van der Waals surface area contributed by atoms with Crippen LogP contribution in [-0.2, 0) is 16.0 Å². The van der Waals surface area contributed by atoms with Gasteiger partial charge in [-0.3, -0.25) is 4.99 Å². The quantitative estimate of drug-likeness (QED) is 0.295. The van der Waals surface area contributed by atoms with E-state index in [0.29, 0.717) is 6.42 Å². The fraction of sp³-hybridized carbons (Fsp3) is 0.259. The largest absolute Gasteiger partial charge is 0.458 e. The predicted molar refractivity (Wildman–Crippen MR) is 131 cm³/mol. The van der Waals surface area contributed by atoms with E-state index in [1.165, 1.54) is 0 Å². The zero-order chi connectivity index (χ0) is 22.5. The Hall–Kier alpha value is -2.72. The van der Waals surface area contributed by atoms with Gasteiger partial charge in [-0.1, -0.05) is 94.8 Å². The van der Waals surface area contributed by atoms with E-state index in [1.807, 2.05) is 113 Å². The van der Waals surface area contributed by atoms with Crippen LogP contribution in [0.1, 0.15) is 44.4 Å². The number of hydrogen-bond donors (Lipinski definition) is 0. The molecule has 0 aromatic heterocycles. The molecule has 0 aliphatic carbocycles. The van der Waals surface area contributed by atoms with Gasteiger partial charge in [-0.15, -0.1) is 0 Å². The number of carbonyl (C=O) groups is 1. The molecule has 0 bridgehead atoms. The Morgan fingerprint density at radius 2 is 1.29 bits per heavy atom. The third-order valence-electron chi connectivity index (χ3n) is 4.78. The fourth-order valence-electron chi connectivity index (χ4n) is 3.29. The van der Waals surface area contributed by atoms with Gasteiger partial charge in [0.05, 0.1) is 5.71 Å². The number of hydrogen-bond acceptors (Lipinski definition) is 3. The molecule has 3 nitrogen and oxygen atoms in total. The number of carbonyl (C=O) groups excluding carboxylic acids is 1. The van der Waals surface area contributed by atoms with Gasteiger partial charge in [0, 0.05) is 22.0 Å². The first-order chi connectivity index (χ1) is 14.7. The molecule has 0 fully saturated rings. The van der Waals surface area contributed by atoms with Gasteiger partial charge in [0.15, 0.2) is 5.54 Å². The smallest absolute Gasteiger partial charge is 0.334 e. The SMILES string of the molecule is CC(C)(C)OC(=O)[C@](C)(Cc1ccccc1Br)N=C(c1ccccc1)c1ccccc1. The molecule has 1 atom stereocenters. The Morgan fingerprint density at radius 3 is 1.77 bits per heavy atom. The Balaban J connectivity index is 2.16. The number of rotatable bonds is 6. The molecule has 160 valence electrons. The molecule has 4 heteroatoms. The molecule has 0 saturated heterocycles. The van der Waals surface area contributed by atoms with Crippen LogP contribution in [0.15, 0.2) is 94.4 Å². The van der Waals surface area contributed by atoms with Crippen molar-refractivity contribution in [2.24, 2.45) is 4.99 Å². The summed E-state index contributed by atoms with van der Waals surface area (Å²) in [5.74, 6) is -0.347. The van der Waals surface area contributed by atoms with Gasteiger partial charge < -0.3 is 4.74 Å². The van der Waals surface area contributed by atoms with Gasteiger partial charge in [0.1, 0.15) is 5.60 Å². The summed E-state index contributed by atoms with van der Waals surface area (Å²) in [7, 11) is 0. The normalized spacial score (nSPS) is 13.2. The predicted octanol–water partition coefficient (Wildman–Crippen LogP) is 6.63. The highest BCUT2D eigenvalue weighted by Gasteiger charge is 2.38. The number of benzene rings is 3. The highest BCUT2D eigenvalue weighted by atomic mass is 79.9. The summed E-state index contributed by atoms with van der Waals surface area (Å²) in [4.78, 5) is 18.5. The first kappa shape index (κ1) is 23.0. The Bertz CT molecular complexity index is 1010. The van der Waals surface area contributed by atoms with E-state index < -0.39 is 11.1 Å². The molecule has 3 aromatic rings. The van der Waals surface area contributed by atoms with Crippen LogP contribution in [0.5, 0.6) is 0 Å². The van der Waals surface area contributed by atoms with Crippen molar-refractivity contribution in [3.05, 3.63) is 106 Å². The molecule has 3 aromatic carbocycles. The second-order valence-corrected chi connectivity index (χ2v) is 9.59. The summed E-state index contributed by atoms with van der Waals surface area (Å²) in [6.07, 6.45) is 0.409. The third-order valence-corrected chi connectivity index (χ3v) is 5.56. The minimum absolute atomic E-state index is 0.347. The molecule has 0 aliphatic rings. The lowest BCUT2D eigenvalue weighted by atomic mass is 9.91. The first-order valence-corrected chi connectivity index (χ1v) is 11.1. The summed E-state index contributed by atoms with van der Waals surface area (Å²) in [5.41, 5.74) is 1.95. The molecular formula is C27H28BrNO2. The lowest BCUT2D eigenvalue weighted by molar-refractivity contribution is -0.160. The number of nitrogens with zero attached hydrogens (tertiary/aromatic N) is 1. The van der Waals surface area contributed by atoms with Crippen molar-refractivity contribution in [1.82, 2.24) is 0 Å². The van der Waals surface area contributed by atoms with Crippen LogP contribution >= 0.6 is 15.9 Å². The molecule has 0 aliphatic heterocycles. The van der Waals surface area contributed by atoms with E-state index >= 15 is 0 Å². The van der Waals surface area contributed by atoms with Gasteiger partial charge >= 0.3 is 5.97 Å². The van der Waals surface area contributed by atoms with E-state index in [1.54, 1.807) is 0 Å². The van der Waals surface area contributed by atoms with E-state index in [4.69, 9.17) is 9.73 Å². The number of ether oxygens (including phenoxy) is 1. The summed E-state index contributed by atoms with van der Waals surface area (Å²) in [5, 5.41) is 0. The van der Waals surface area contributed by atoms with Crippen LogP contribution in [-0.4, -0.2) is 22.8 Å². The first-order valence-electron chi connectivity index (χ1n) is 10.4. The zero-order valence-electron chi connectivity index (χ0n) is 18.4. The van der Waals surface area contributed by atoms with Crippen LogP contribution in [0.25, 0.3) is 0 Å². The third kappa shape index (κ3) is 6.14. The molecule has 0 unspecified atom stereocenters. The molecule has 0 N–H and O–H groups in total. The van der Waals surface area contributed by atoms with Crippen molar-refractivity contribution in [2.75, 3.05) is 0 Å². The molecular weight excluding hydrogens is 450 g/mol. The van der Waals surface area contributed by atoms with E-state index in [-0.39, 0.29) is 5.97 Å². The van der Waals surface area contributed by atoms with Crippen molar-refractivity contribution in [1.29, 1.82) is 0 Å². The van der Waals surface area contributed by atoms with Crippen molar-refractivity contribution >= 4 is 27.6 Å². The van der Waals surface area contributed by atoms with Crippen LogP contribution in [0, 0.1) is 0 Å². The van der Waals surface area contributed by atoms with Crippen molar-refractivity contribution in [3.8, 4) is 0 Å². The molecule has 0 heterocycles. The Kier molecular flexibility index (Phi) is 7.11. The van der Waals surface area contributed by atoms with Crippen LogP contribution in [0.4, 0.5) is 0 Å². The summed E-state index contributed by atoms with van der Waals surface area (Å²) < 4.78 is 6.77. The van der Waals surface area contributed by atoms with Crippen LogP contribution < -0.4 is 0 Å². The summed E-state index contributed by atoms with van der Waals surface area (Å²) in [6.45, 7) is 7.49. The number of halogens is 1. The highest BCUT2D eigenvalue weighted by Crippen LogP contribution is 2.28. The maximum atomic E-state index is 13.4. The van der Waals surface area contributed by atoms with E-state index in [9.17, 15) is 4.79 Å². The average Bonchev–Trinajstić information content (AvgIpc) is 2.74. The Labute approximate surface area is 193 Å². The number of esters is 1. The second kappa shape index (κ2) is 9.61. The van der Waals surface area contributed by atoms with Gasteiger partial charge in [-0.2, -0.15) is 0 Å². The van der Waals surface area contributed by atoms with Gasteiger partial charge in [0.2, 0.25) is 0 Å². The average molecular weight is 478 g/mol. The standard InChI is InChI=1S/C27H28BrNO2/c1-26(2,3)31-25(30)27(4,19-22-17-11-12-18-23(22)28)29-24(20-13-7-5-8-14-20)21-15-9-6-10-16-21/h5-18H,19H2,1-4H3/t27-/m0/s1. The molecule has 3 rings (SSSR count). The van der Waals surface area contributed by atoms with Crippen molar-refractivity contribution in [2.45, 2.75) is 45.3 Å². The number of aliphatic imine (C=N–C) groups is 1. The maximum Gasteiger partial charge on any atom is 0.334 e. The van der Waals surface area contributed by atoms with E-state index in [2.05, 4.69) is 15.9 Å². The summed E-state index contributed by atoms with van der Waals surface area (Å²) in [6, 6.07) is 27.8. The van der Waals surface area contributed by atoms with Gasteiger partial charge in [-0.05, 0) is 39.3 Å². The lowest BCUT2D eigenvalue weighted by Crippen LogP contribution is -2.42. The highest BCUT2D eigenvalue weighted by molar-refractivity contribution is 9.10. The van der Waals surface area contributed by atoms with Crippen LogP contribution in [0.3, 0.4) is 0 Å². The van der Waals surface area contributed by atoms with Crippen molar-refractivity contribution < 1.29 is 9.53 Å². The monoisotopic (exact) mass is 477 g/mol. The van der Waals surface area contributed by atoms with Crippen molar-refractivity contribution in [3.63, 3.8) is 0 Å². The maximum absolute atomic E-state index is 13.4. The zero-order valence-corrected chi connectivity index (χ0v) is 20.0. The second-order valence-electron chi connectivity index (χ2n) is 8.74. The van der Waals surface area contributed by atoms with Gasteiger partial charge in [0.25, 0.3) is 0 Å². The summed E-state index contributed by atoms with van der Waals surface area (Å²) >= 11 is 3.61. The fourth-order valence-corrected chi connectivity index (χ4v) is 3.72.